The van der Waals surface area contributed by atoms with Gasteiger partial charge in [-0.05, 0) is 28.8 Å². The van der Waals surface area contributed by atoms with Gasteiger partial charge in [-0.2, -0.15) is 0 Å². The summed E-state index contributed by atoms with van der Waals surface area (Å²) in [4.78, 5) is 15.9. The molecule has 4 rings (SSSR count). The second kappa shape index (κ2) is 9.09. The Morgan fingerprint density at radius 1 is 0.871 bits per heavy atom. The van der Waals surface area contributed by atoms with Crippen LogP contribution in [0.5, 0.6) is 5.75 Å². The number of nitrogens with one attached hydrogen (secondary N) is 1. The normalized spacial score (nSPS) is 10.6. The topological polar surface area (TPSA) is 77.3 Å². The van der Waals surface area contributed by atoms with E-state index in [4.69, 9.17) is 4.74 Å². The molecule has 6 nitrogen and oxygen atoms in total. The molecule has 0 saturated heterocycles. The fraction of sp³-hybridized carbons (Fsp3) is 0.0800. The van der Waals surface area contributed by atoms with Crippen molar-refractivity contribution in [3.8, 4) is 16.9 Å². The third-order valence-corrected chi connectivity index (χ3v) is 5.03. The molecule has 0 fully saturated rings. The molecule has 1 aromatic heterocycles. The first-order valence-electron chi connectivity index (χ1n) is 9.81. The van der Waals surface area contributed by atoms with Crippen LogP contribution in [0.3, 0.4) is 0 Å². The van der Waals surface area contributed by atoms with Crippen LogP contribution < -0.4 is 10.1 Å². The van der Waals surface area contributed by atoms with Gasteiger partial charge in [0.25, 0.3) is 0 Å². The van der Waals surface area contributed by atoms with Crippen LogP contribution in [0, 0.1) is 10.1 Å². The molecular formula is C25H21N3O3. The van der Waals surface area contributed by atoms with E-state index in [9.17, 15) is 10.1 Å². The fourth-order valence-corrected chi connectivity index (χ4v) is 3.43. The number of benzene rings is 3. The lowest BCUT2D eigenvalue weighted by atomic mass is 9.98. The molecule has 6 heteroatoms. The second-order valence-corrected chi connectivity index (χ2v) is 6.98. The van der Waals surface area contributed by atoms with Gasteiger partial charge < -0.3 is 10.1 Å². The molecule has 0 bridgehead atoms. The van der Waals surface area contributed by atoms with E-state index in [2.05, 4.69) is 10.3 Å². The molecule has 0 saturated carbocycles. The number of pyridine rings is 1. The fourth-order valence-electron chi connectivity index (χ4n) is 3.43. The van der Waals surface area contributed by atoms with Crippen molar-refractivity contribution in [2.45, 2.75) is 6.04 Å². The first-order chi connectivity index (χ1) is 15.2. The number of hydrogen-bond donors (Lipinski definition) is 1. The average Bonchev–Trinajstić information content (AvgIpc) is 2.83. The number of anilines is 1. The molecule has 4 aromatic rings. The quantitative estimate of drug-likeness (QED) is 0.304. The van der Waals surface area contributed by atoms with E-state index >= 15 is 0 Å². The molecule has 0 radical (unpaired) electrons. The summed E-state index contributed by atoms with van der Waals surface area (Å²) in [6.07, 6.45) is 1.64. The number of nitro groups is 1. The molecule has 1 heterocycles. The lowest BCUT2D eigenvalue weighted by Crippen LogP contribution is -2.14. The summed E-state index contributed by atoms with van der Waals surface area (Å²) < 4.78 is 5.18. The van der Waals surface area contributed by atoms with Crippen LogP contribution in [0.15, 0.2) is 97.2 Å². The highest BCUT2D eigenvalue weighted by Crippen LogP contribution is 2.33. The van der Waals surface area contributed by atoms with Crippen LogP contribution in [0.2, 0.25) is 0 Å². The summed E-state index contributed by atoms with van der Waals surface area (Å²) in [5.41, 5.74) is 3.39. The van der Waals surface area contributed by atoms with Crippen LogP contribution in [0.1, 0.15) is 17.2 Å². The molecule has 1 N–H and O–H groups in total. The van der Waals surface area contributed by atoms with Crippen molar-refractivity contribution in [1.82, 2.24) is 4.98 Å². The Labute approximate surface area is 180 Å². The van der Waals surface area contributed by atoms with E-state index in [0.29, 0.717) is 5.56 Å². The maximum absolute atomic E-state index is 11.9. The smallest absolute Gasteiger partial charge is 0.312 e. The molecule has 154 valence electrons. The Hall–Kier alpha value is -4.19. The van der Waals surface area contributed by atoms with Crippen LogP contribution in [0.4, 0.5) is 11.5 Å². The Kier molecular flexibility index (Phi) is 5.89. The minimum absolute atomic E-state index is 0.0785. The standard InChI is InChI=1S/C25H21N3O3/c1-31-22-14-12-18(13-15-22)21-16-23(28(29)30)25(26-17-21)27-24(19-8-4-2-5-9-19)20-10-6-3-7-11-20/h2-17,24H,1H3,(H,26,27). The summed E-state index contributed by atoms with van der Waals surface area (Å²) in [5.74, 6) is 0.943. The molecule has 0 aliphatic heterocycles. The summed E-state index contributed by atoms with van der Waals surface area (Å²) in [6, 6.07) is 28.2. The third-order valence-electron chi connectivity index (χ3n) is 5.03. The summed E-state index contributed by atoms with van der Waals surface area (Å²) >= 11 is 0. The van der Waals surface area contributed by atoms with E-state index in [1.807, 2.05) is 84.9 Å². The summed E-state index contributed by atoms with van der Waals surface area (Å²) in [6.45, 7) is 0. The van der Waals surface area contributed by atoms with Crippen molar-refractivity contribution in [3.05, 3.63) is 118 Å². The van der Waals surface area contributed by atoms with Gasteiger partial charge >= 0.3 is 5.69 Å². The zero-order valence-electron chi connectivity index (χ0n) is 16.9. The van der Waals surface area contributed by atoms with Crippen molar-refractivity contribution in [2.75, 3.05) is 12.4 Å². The molecule has 0 aliphatic carbocycles. The Bertz CT molecular complexity index is 1120. The van der Waals surface area contributed by atoms with Gasteiger partial charge in [0.1, 0.15) is 5.75 Å². The number of nitrogens with zero attached hydrogens (tertiary/aromatic N) is 2. The van der Waals surface area contributed by atoms with Crippen LogP contribution in [0.25, 0.3) is 11.1 Å². The number of hydrogen-bond acceptors (Lipinski definition) is 5. The predicted octanol–water partition coefficient (Wildman–Crippen LogP) is 5.87. The molecule has 0 unspecified atom stereocenters. The monoisotopic (exact) mass is 411 g/mol. The maximum Gasteiger partial charge on any atom is 0.312 e. The highest BCUT2D eigenvalue weighted by molar-refractivity contribution is 5.71. The minimum Gasteiger partial charge on any atom is -0.497 e. The number of ether oxygens (including phenoxy) is 1. The van der Waals surface area contributed by atoms with Gasteiger partial charge in [0, 0.05) is 17.8 Å². The lowest BCUT2D eigenvalue weighted by Gasteiger charge is -2.20. The van der Waals surface area contributed by atoms with E-state index in [0.717, 1.165) is 22.4 Å². The highest BCUT2D eigenvalue weighted by atomic mass is 16.6. The highest BCUT2D eigenvalue weighted by Gasteiger charge is 2.22. The van der Waals surface area contributed by atoms with Crippen molar-refractivity contribution < 1.29 is 9.66 Å². The number of rotatable bonds is 7. The SMILES string of the molecule is COc1ccc(-c2cnc(NC(c3ccccc3)c3ccccc3)c([N+](=O)[O-])c2)cc1. The second-order valence-electron chi connectivity index (χ2n) is 6.98. The zero-order chi connectivity index (χ0) is 21.6. The van der Waals surface area contributed by atoms with Gasteiger partial charge in [-0.15, -0.1) is 0 Å². The molecule has 3 aromatic carbocycles. The van der Waals surface area contributed by atoms with Crippen LogP contribution in [-0.2, 0) is 0 Å². The van der Waals surface area contributed by atoms with E-state index < -0.39 is 4.92 Å². The maximum atomic E-state index is 11.9. The van der Waals surface area contributed by atoms with Crippen molar-refractivity contribution in [1.29, 1.82) is 0 Å². The van der Waals surface area contributed by atoms with Crippen LogP contribution >= 0.6 is 0 Å². The summed E-state index contributed by atoms with van der Waals surface area (Å²) in [5, 5.41) is 15.2. The van der Waals surface area contributed by atoms with E-state index in [1.54, 1.807) is 19.4 Å². The van der Waals surface area contributed by atoms with Gasteiger partial charge in [0.2, 0.25) is 5.82 Å². The molecule has 0 amide bonds. The summed E-state index contributed by atoms with van der Waals surface area (Å²) in [7, 11) is 1.59. The van der Waals surface area contributed by atoms with Gasteiger partial charge in [-0.1, -0.05) is 72.8 Å². The van der Waals surface area contributed by atoms with Gasteiger partial charge in [0.05, 0.1) is 18.1 Å². The minimum atomic E-state index is -0.407. The predicted molar refractivity (Wildman–Crippen MR) is 121 cm³/mol. The van der Waals surface area contributed by atoms with Crippen molar-refractivity contribution in [3.63, 3.8) is 0 Å². The Balaban J connectivity index is 1.72. The van der Waals surface area contributed by atoms with Gasteiger partial charge in [-0.3, -0.25) is 10.1 Å². The van der Waals surface area contributed by atoms with Gasteiger partial charge in [-0.25, -0.2) is 4.98 Å². The lowest BCUT2D eigenvalue weighted by molar-refractivity contribution is -0.384. The average molecular weight is 411 g/mol. The largest absolute Gasteiger partial charge is 0.497 e. The molecular weight excluding hydrogens is 390 g/mol. The molecule has 0 aliphatic rings. The first kappa shape index (κ1) is 20.1. The molecule has 0 spiro atoms. The number of methoxy groups -OCH3 is 1. The van der Waals surface area contributed by atoms with Gasteiger partial charge in [0.15, 0.2) is 0 Å². The third kappa shape index (κ3) is 4.53. The van der Waals surface area contributed by atoms with Crippen LogP contribution in [-0.4, -0.2) is 17.0 Å². The van der Waals surface area contributed by atoms with Crippen molar-refractivity contribution in [2.24, 2.45) is 0 Å². The van der Waals surface area contributed by atoms with Crippen molar-refractivity contribution >= 4 is 11.5 Å². The molecule has 0 atom stereocenters. The Morgan fingerprint density at radius 2 is 1.45 bits per heavy atom. The zero-order valence-corrected chi connectivity index (χ0v) is 16.9. The van der Waals surface area contributed by atoms with E-state index in [-0.39, 0.29) is 17.5 Å². The Morgan fingerprint density at radius 3 is 1.97 bits per heavy atom. The molecule has 31 heavy (non-hydrogen) atoms. The first-order valence-corrected chi connectivity index (χ1v) is 9.81. The van der Waals surface area contributed by atoms with E-state index in [1.165, 1.54) is 0 Å². The number of aromatic nitrogens is 1.